The highest BCUT2D eigenvalue weighted by Gasteiger charge is 2.20. The van der Waals surface area contributed by atoms with E-state index in [1.165, 1.54) is 5.56 Å². The zero-order valence-corrected chi connectivity index (χ0v) is 8.48. The van der Waals surface area contributed by atoms with E-state index in [0.717, 1.165) is 23.4 Å². The Balaban J connectivity index is 2.54. The first-order chi connectivity index (χ1) is 6.76. The van der Waals surface area contributed by atoms with Gasteiger partial charge in [-0.3, -0.25) is 4.79 Å². The summed E-state index contributed by atoms with van der Waals surface area (Å²) in [5.41, 5.74) is 4.09. The highest BCUT2D eigenvalue weighted by molar-refractivity contribution is 6.02. The Morgan fingerprint density at radius 1 is 1.07 bits per heavy atom. The Kier molecular flexibility index (Phi) is 2.15. The molecular weight excluding hydrogens is 176 g/mol. The van der Waals surface area contributed by atoms with Crippen LogP contribution in [0.2, 0.25) is 0 Å². The smallest absolute Gasteiger partial charge is 0.163 e. The minimum absolute atomic E-state index is 0.263. The average Bonchev–Trinajstić information content (AvgIpc) is 2.58. The van der Waals surface area contributed by atoms with Crippen LogP contribution in [0.4, 0.5) is 11.4 Å². The Labute approximate surface area is 83.5 Å². The van der Waals surface area contributed by atoms with Crippen LogP contribution in [0.25, 0.3) is 0 Å². The molecule has 1 aliphatic rings. The molecule has 0 aliphatic heterocycles. The molecule has 0 atom stereocenters. The molecule has 0 amide bonds. The molecule has 0 fully saturated rings. The Morgan fingerprint density at radius 3 is 2.36 bits per heavy atom. The summed E-state index contributed by atoms with van der Waals surface area (Å²) in [6, 6.07) is 4.00. The number of anilines is 2. The van der Waals surface area contributed by atoms with Gasteiger partial charge in [0, 0.05) is 26.1 Å². The fourth-order valence-corrected chi connectivity index (χ4v) is 1.91. The minimum atomic E-state index is 0.263. The SMILES string of the molecule is CNc1cc2c(cc1NC)C(=O)CC2. The molecule has 1 aromatic rings. The van der Waals surface area contributed by atoms with Crippen molar-refractivity contribution < 1.29 is 4.79 Å². The molecule has 2 rings (SSSR count). The summed E-state index contributed by atoms with van der Waals surface area (Å²) in [4.78, 5) is 11.5. The number of carbonyl (C=O) groups is 1. The summed E-state index contributed by atoms with van der Waals surface area (Å²) in [6.45, 7) is 0. The number of fused-ring (bicyclic) bond motifs is 1. The largest absolute Gasteiger partial charge is 0.386 e. The van der Waals surface area contributed by atoms with E-state index < -0.39 is 0 Å². The maximum atomic E-state index is 11.5. The summed E-state index contributed by atoms with van der Waals surface area (Å²) >= 11 is 0. The predicted molar refractivity (Wildman–Crippen MR) is 58.2 cm³/mol. The number of nitrogens with one attached hydrogen (secondary N) is 2. The van der Waals surface area contributed by atoms with Gasteiger partial charge in [-0.2, -0.15) is 0 Å². The Hall–Kier alpha value is -1.51. The first-order valence-electron chi connectivity index (χ1n) is 4.82. The molecule has 0 saturated carbocycles. The molecule has 3 nitrogen and oxygen atoms in total. The molecule has 2 N–H and O–H groups in total. The van der Waals surface area contributed by atoms with E-state index in [1.54, 1.807) is 0 Å². The van der Waals surface area contributed by atoms with Crippen molar-refractivity contribution in [2.24, 2.45) is 0 Å². The Morgan fingerprint density at radius 2 is 1.71 bits per heavy atom. The molecule has 0 aromatic heterocycles. The third-order valence-electron chi connectivity index (χ3n) is 2.70. The number of Topliss-reactive ketones (excluding diaryl/α,β-unsaturated/α-hetero) is 1. The van der Waals surface area contributed by atoms with Crippen LogP contribution in [0.5, 0.6) is 0 Å². The summed E-state index contributed by atoms with van der Waals surface area (Å²) in [5, 5.41) is 6.20. The Bertz CT molecular complexity index is 385. The second-order valence-corrected chi connectivity index (χ2v) is 3.48. The molecule has 0 heterocycles. The number of ketones is 1. The van der Waals surface area contributed by atoms with Gasteiger partial charge >= 0.3 is 0 Å². The lowest BCUT2D eigenvalue weighted by Crippen LogP contribution is -2.00. The van der Waals surface area contributed by atoms with Gasteiger partial charge in [0.05, 0.1) is 11.4 Å². The number of aryl methyl sites for hydroxylation is 1. The molecule has 74 valence electrons. The van der Waals surface area contributed by atoms with E-state index in [4.69, 9.17) is 0 Å². The van der Waals surface area contributed by atoms with Crippen molar-refractivity contribution in [3.05, 3.63) is 23.3 Å². The molecule has 1 aliphatic carbocycles. The average molecular weight is 190 g/mol. The van der Waals surface area contributed by atoms with Crippen LogP contribution in [0.1, 0.15) is 22.3 Å². The number of hydrogen-bond donors (Lipinski definition) is 2. The van der Waals surface area contributed by atoms with E-state index in [1.807, 2.05) is 20.2 Å². The van der Waals surface area contributed by atoms with E-state index >= 15 is 0 Å². The van der Waals surface area contributed by atoms with Crippen molar-refractivity contribution in [2.75, 3.05) is 24.7 Å². The highest BCUT2D eigenvalue weighted by atomic mass is 16.1. The van der Waals surface area contributed by atoms with E-state index in [-0.39, 0.29) is 5.78 Å². The second kappa shape index (κ2) is 3.33. The molecule has 14 heavy (non-hydrogen) atoms. The summed E-state index contributed by atoms with van der Waals surface area (Å²) < 4.78 is 0. The number of hydrogen-bond acceptors (Lipinski definition) is 3. The highest BCUT2D eigenvalue weighted by Crippen LogP contribution is 2.31. The zero-order valence-electron chi connectivity index (χ0n) is 8.48. The molecule has 0 radical (unpaired) electrons. The zero-order chi connectivity index (χ0) is 10.1. The number of rotatable bonds is 2. The van der Waals surface area contributed by atoms with Crippen LogP contribution in [0, 0.1) is 0 Å². The quantitative estimate of drug-likeness (QED) is 0.748. The first-order valence-corrected chi connectivity index (χ1v) is 4.82. The van der Waals surface area contributed by atoms with Gasteiger partial charge in [0.1, 0.15) is 0 Å². The van der Waals surface area contributed by atoms with Crippen LogP contribution >= 0.6 is 0 Å². The van der Waals surface area contributed by atoms with Crippen molar-refractivity contribution in [3.63, 3.8) is 0 Å². The third kappa shape index (κ3) is 1.25. The standard InChI is InChI=1S/C11H14N2O/c1-12-9-5-7-3-4-11(14)8(7)6-10(9)13-2/h5-6,12-13H,3-4H2,1-2H3. The van der Waals surface area contributed by atoms with Crippen molar-refractivity contribution in [3.8, 4) is 0 Å². The molecule has 0 unspecified atom stereocenters. The van der Waals surface area contributed by atoms with E-state index in [9.17, 15) is 4.79 Å². The topological polar surface area (TPSA) is 41.1 Å². The van der Waals surface area contributed by atoms with Crippen molar-refractivity contribution in [1.29, 1.82) is 0 Å². The minimum Gasteiger partial charge on any atom is -0.386 e. The fraction of sp³-hybridized carbons (Fsp3) is 0.364. The second-order valence-electron chi connectivity index (χ2n) is 3.48. The molecular formula is C11H14N2O. The third-order valence-corrected chi connectivity index (χ3v) is 2.70. The van der Waals surface area contributed by atoms with Crippen LogP contribution in [0.15, 0.2) is 12.1 Å². The van der Waals surface area contributed by atoms with Gasteiger partial charge in [-0.25, -0.2) is 0 Å². The number of carbonyl (C=O) groups excluding carboxylic acids is 1. The molecule has 0 saturated heterocycles. The molecule has 1 aromatic carbocycles. The molecule has 0 spiro atoms. The van der Waals surface area contributed by atoms with Gasteiger partial charge < -0.3 is 10.6 Å². The van der Waals surface area contributed by atoms with Gasteiger partial charge in [-0.05, 0) is 24.1 Å². The number of benzene rings is 1. The summed E-state index contributed by atoms with van der Waals surface area (Å²) in [5.74, 6) is 0.263. The maximum absolute atomic E-state index is 11.5. The van der Waals surface area contributed by atoms with E-state index in [2.05, 4.69) is 16.7 Å². The van der Waals surface area contributed by atoms with Crippen LogP contribution < -0.4 is 10.6 Å². The van der Waals surface area contributed by atoms with Gasteiger partial charge in [-0.1, -0.05) is 0 Å². The summed E-state index contributed by atoms with van der Waals surface area (Å²) in [7, 11) is 3.75. The monoisotopic (exact) mass is 190 g/mol. The predicted octanol–water partition coefficient (Wildman–Crippen LogP) is 1.90. The van der Waals surface area contributed by atoms with Gasteiger partial charge in [0.2, 0.25) is 0 Å². The molecule has 3 heteroatoms. The van der Waals surface area contributed by atoms with E-state index in [0.29, 0.717) is 6.42 Å². The maximum Gasteiger partial charge on any atom is 0.163 e. The van der Waals surface area contributed by atoms with Crippen molar-refractivity contribution in [1.82, 2.24) is 0 Å². The molecule has 0 bridgehead atoms. The van der Waals surface area contributed by atoms with Gasteiger partial charge in [0.15, 0.2) is 5.78 Å². The van der Waals surface area contributed by atoms with Gasteiger partial charge in [0.25, 0.3) is 0 Å². The van der Waals surface area contributed by atoms with Gasteiger partial charge in [-0.15, -0.1) is 0 Å². The van der Waals surface area contributed by atoms with Crippen LogP contribution in [-0.2, 0) is 6.42 Å². The normalized spacial score (nSPS) is 14.0. The van der Waals surface area contributed by atoms with Crippen molar-refractivity contribution in [2.45, 2.75) is 12.8 Å². The first kappa shape index (κ1) is 9.06. The van der Waals surface area contributed by atoms with Crippen LogP contribution in [-0.4, -0.2) is 19.9 Å². The summed E-state index contributed by atoms with van der Waals surface area (Å²) in [6.07, 6.45) is 1.54. The lowest BCUT2D eigenvalue weighted by molar-refractivity contribution is 0.0994. The lowest BCUT2D eigenvalue weighted by atomic mass is 10.1. The van der Waals surface area contributed by atoms with Crippen LogP contribution in [0.3, 0.4) is 0 Å². The fourth-order valence-electron chi connectivity index (χ4n) is 1.91. The van der Waals surface area contributed by atoms with Crippen molar-refractivity contribution >= 4 is 17.2 Å². The lowest BCUT2D eigenvalue weighted by Gasteiger charge is -2.10.